The highest BCUT2D eigenvalue weighted by Crippen LogP contribution is 2.19. The Balaban J connectivity index is 3.08. The summed E-state index contributed by atoms with van der Waals surface area (Å²) in [5.41, 5.74) is 0.187. The molecule has 0 radical (unpaired) electrons. The third kappa shape index (κ3) is 5.39. The maximum absolute atomic E-state index is 12.5. The van der Waals surface area contributed by atoms with E-state index in [1.165, 1.54) is 4.90 Å². The molecule has 0 spiro atoms. The number of nitrogens with zero attached hydrogens (tertiary/aromatic N) is 1. The Morgan fingerprint density at radius 3 is 2.14 bits per heavy atom. The van der Waals surface area contributed by atoms with E-state index in [0.29, 0.717) is 0 Å². The number of hydrogen-bond acceptors (Lipinski definition) is 3. The van der Waals surface area contributed by atoms with E-state index in [2.05, 4.69) is 0 Å². The van der Waals surface area contributed by atoms with Crippen LogP contribution < -0.4 is 0 Å². The van der Waals surface area contributed by atoms with Crippen LogP contribution in [0.15, 0.2) is 30.3 Å². The van der Waals surface area contributed by atoms with Gasteiger partial charge in [0.2, 0.25) is 0 Å². The van der Waals surface area contributed by atoms with Gasteiger partial charge in [-0.2, -0.15) is 0 Å². The van der Waals surface area contributed by atoms with Crippen LogP contribution in [0.2, 0.25) is 0 Å². The number of aliphatic carboxylic acids is 1. The van der Waals surface area contributed by atoms with Gasteiger partial charge in [-0.1, -0.05) is 44.2 Å². The number of rotatable bonds is 5. The fourth-order valence-electron chi connectivity index (χ4n) is 2.16. The summed E-state index contributed by atoms with van der Waals surface area (Å²) >= 11 is 0. The predicted octanol–water partition coefficient (Wildman–Crippen LogP) is 3.53. The Morgan fingerprint density at radius 2 is 1.73 bits per heavy atom. The van der Waals surface area contributed by atoms with Gasteiger partial charge in [0, 0.05) is 6.54 Å². The van der Waals surface area contributed by atoms with Crippen molar-refractivity contribution in [1.82, 2.24) is 4.90 Å². The topological polar surface area (TPSA) is 66.8 Å². The van der Waals surface area contributed by atoms with Crippen LogP contribution in [0.3, 0.4) is 0 Å². The predicted molar refractivity (Wildman–Crippen MR) is 84.5 cm³/mol. The molecule has 0 aliphatic heterocycles. The van der Waals surface area contributed by atoms with E-state index in [-0.39, 0.29) is 12.5 Å². The standard InChI is InChI=1S/C17H25NO4/c1-12(2)14(15(19)20)18(16(21)22-17(3,4)5)11-13-9-7-6-8-10-13/h6-10,12,14H,11H2,1-5H3,(H,19,20). The van der Waals surface area contributed by atoms with Gasteiger partial charge in [0.15, 0.2) is 0 Å². The van der Waals surface area contributed by atoms with E-state index >= 15 is 0 Å². The number of amides is 1. The number of carboxylic acids is 1. The number of ether oxygens (including phenoxy) is 1. The smallest absolute Gasteiger partial charge is 0.411 e. The molecule has 1 aromatic rings. The lowest BCUT2D eigenvalue weighted by Gasteiger charge is -2.33. The van der Waals surface area contributed by atoms with Crippen LogP contribution >= 0.6 is 0 Å². The second kappa shape index (κ2) is 7.29. The Kier molecular flexibility index (Phi) is 5.97. The normalized spacial score (nSPS) is 12.8. The van der Waals surface area contributed by atoms with Crippen LogP contribution in [0.1, 0.15) is 40.2 Å². The molecule has 0 saturated carbocycles. The molecule has 0 bridgehead atoms. The number of hydrogen-bond donors (Lipinski definition) is 1. The van der Waals surface area contributed by atoms with Crippen molar-refractivity contribution in [3.05, 3.63) is 35.9 Å². The summed E-state index contributed by atoms with van der Waals surface area (Å²) in [5, 5.41) is 9.49. The summed E-state index contributed by atoms with van der Waals surface area (Å²) in [6.45, 7) is 9.04. The van der Waals surface area contributed by atoms with Crippen molar-refractivity contribution in [2.75, 3.05) is 0 Å². The maximum Gasteiger partial charge on any atom is 0.411 e. The molecule has 1 aromatic carbocycles. The lowest BCUT2D eigenvalue weighted by atomic mass is 10.0. The average Bonchev–Trinajstić information content (AvgIpc) is 2.36. The van der Waals surface area contributed by atoms with Crippen molar-refractivity contribution >= 4 is 12.1 Å². The summed E-state index contributed by atoms with van der Waals surface area (Å²) in [6, 6.07) is 8.36. The zero-order valence-electron chi connectivity index (χ0n) is 13.9. The lowest BCUT2D eigenvalue weighted by Crippen LogP contribution is -2.49. The molecule has 0 fully saturated rings. The lowest BCUT2D eigenvalue weighted by molar-refractivity contribution is -0.145. The first-order valence-corrected chi connectivity index (χ1v) is 7.38. The van der Waals surface area contributed by atoms with E-state index in [9.17, 15) is 14.7 Å². The fraction of sp³-hybridized carbons (Fsp3) is 0.529. The summed E-state index contributed by atoms with van der Waals surface area (Å²) in [6.07, 6.45) is -0.613. The molecule has 1 amide bonds. The molecule has 1 atom stereocenters. The zero-order chi connectivity index (χ0) is 16.9. The van der Waals surface area contributed by atoms with Gasteiger partial charge in [0.1, 0.15) is 11.6 Å². The average molecular weight is 307 g/mol. The number of carboxylic acid groups (broad SMARTS) is 1. The minimum absolute atomic E-state index is 0.199. The molecule has 22 heavy (non-hydrogen) atoms. The second-order valence-corrected chi connectivity index (χ2v) is 6.62. The molecule has 1 rings (SSSR count). The first kappa shape index (κ1) is 18.0. The molecular formula is C17H25NO4. The van der Waals surface area contributed by atoms with E-state index in [4.69, 9.17) is 4.74 Å². The van der Waals surface area contributed by atoms with Gasteiger partial charge in [-0.05, 0) is 32.3 Å². The Hall–Kier alpha value is -2.04. The number of carbonyl (C=O) groups excluding carboxylic acids is 1. The monoisotopic (exact) mass is 307 g/mol. The van der Waals surface area contributed by atoms with Crippen LogP contribution in [-0.4, -0.2) is 33.7 Å². The summed E-state index contributed by atoms with van der Waals surface area (Å²) in [7, 11) is 0. The minimum Gasteiger partial charge on any atom is -0.480 e. The summed E-state index contributed by atoms with van der Waals surface area (Å²) in [4.78, 5) is 25.3. The van der Waals surface area contributed by atoms with Crippen LogP contribution in [-0.2, 0) is 16.1 Å². The molecule has 5 heteroatoms. The van der Waals surface area contributed by atoms with Crippen LogP contribution in [0.5, 0.6) is 0 Å². The minimum atomic E-state index is -1.03. The van der Waals surface area contributed by atoms with Gasteiger partial charge in [0.25, 0.3) is 0 Å². The van der Waals surface area contributed by atoms with E-state index in [1.54, 1.807) is 34.6 Å². The molecule has 0 aromatic heterocycles. The molecule has 5 nitrogen and oxygen atoms in total. The Bertz CT molecular complexity index is 505. The van der Waals surface area contributed by atoms with Gasteiger partial charge in [-0.3, -0.25) is 4.90 Å². The van der Waals surface area contributed by atoms with E-state index < -0.39 is 23.7 Å². The Labute approximate surface area is 131 Å². The number of benzene rings is 1. The van der Waals surface area contributed by atoms with Crippen molar-refractivity contribution in [1.29, 1.82) is 0 Å². The van der Waals surface area contributed by atoms with Crippen molar-refractivity contribution in [3.63, 3.8) is 0 Å². The first-order chi connectivity index (χ1) is 10.1. The van der Waals surface area contributed by atoms with E-state index in [0.717, 1.165) is 5.56 Å². The third-order valence-corrected chi connectivity index (χ3v) is 3.04. The van der Waals surface area contributed by atoms with Crippen molar-refractivity contribution in [3.8, 4) is 0 Å². The number of carbonyl (C=O) groups is 2. The molecular weight excluding hydrogens is 282 g/mol. The highest BCUT2D eigenvalue weighted by molar-refractivity contribution is 5.80. The highest BCUT2D eigenvalue weighted by atomic mass is 16.6. The quantitative estimate of drug-likeness (QED) is 0.903. The zero-order valence-corrected chi connectivity index (χ0v) is 13.9. The van der Waals surface area contributed by atoms with Crippen molar-refractivity contribution in [2.24, 2.45) is 5.92 Å². The summed E-state index contributed by atoms with van der Waals surface area (Å²) < 4.78 is 5.38. The first-order valence-electron chi connectivity index (χ1n) is 7.38. The largest absolute Gasteiger partial charge is 0.480 e. The maximum atomic E-state index is 12.5. The van der Waals surface area contributed by atoms with Gasteiger partial charge in [-0.25, -0.2) is 9.59 Å². The molecule has 0 aliphatic rings. The van der Waals surface area contributed by atoms with Crippen molar-refractivity contribution < 1.29 is 19.4 Å². The highest BCUT2D eigenvalue weighted by Gasteiger charge is 2.35. The summed E-state index contributed by atoms with van der Waals surface area (Å²) in [5.74, 6) is -1.26. The van der Waals surface area contributed by atoms with Crippen LogP contribution in [0.25, 0.3) is 0 Å². The molecule has 1 N–H and O–H groups in total. The van der Waals surface area contributed by atoms with Crippen LogP contribution in [0, 0.1) is 5.92 Å². The molecule has 0 aliphatic carbocycles. The molecule has 0 heterocycles. The van der Waals surface area contributed by atoms with Gasteiger partial charge in [0.05, 0.1) is 0 Å². The molecule has 122 valence electrons. The van der Waals surface area contributed by atoms with Crippen molar-refractivity contribution in [2.45, 2.75) is 52.8 Å². The second-order valence-electron chi connectivity index (χ2n) is 6.62. The fourth-order valence-corrected chi connectivity index (χ4v) is 2.16. The van der Waals surface area contributed by atoms with Gasteiger partial charge >= 0.3 is 12.1 Å². The van der Waals surface area contributed by atoms with Gasteiger partial charge in [-0.15, -0.1) is 0 Å². The third-order valence-electron chi connectivity index (χ3n) is 3.04. The Morgan fingerprint density at radius 1 is 1.18 bits per heavy atom. The molecule has 0 saturated heterocycles. The van der Waals surface area contributed by atoms with Gasteiger partial charge < -0.3 is 9.84 Å². The van der Waals surface area contributed by atoms with E-state index in [1.807, 2.05) is 30.3 Å². The van der Waals surface area contributed by atoms with Crippen LogP contribution in [0.4, 0.5) is 4.79 Å². The SMILES string of the molecule is CC(C)C(C(=O)O)N(Cc1ccccc1)C(=O)OC(C)(C)C. The molecule has 1 unspecified atom stereocenters.